The molecule has 0 N–H and O–H groups in total. The lowest BCUT2D eigenvalue weighted by atomic mass is 9.97. The van der Waals surface area contributed by atoms with Gasteiger partial charge in [-0.25, -0.2) is 4.39 Å². The van der Waals surface area contributed by atoms with Gasteiger partial charge in [0.1, 0.15) is 0 Å². The summed E-state index contributed by atoms with van der Waals surface area (Å²) in [5.74, 6) is -0.809. The molecule has 1 aliphatic heterocycles. The van der Waals surface area contributed by atoms with E-state index >= 15 is 0 Å². The van der Waals surface area contributed by atoms with E-state index in [1.54, 1.807) is 24.3 Å². The summed E-state index contributed by atoms with van der Waals surface area (Å²) in [4.78, 5) is 24.8. The van der Waals surface area contributed by atoms with Crippen LogP contribution in [0.4, 0.5) is 4.39 Å². The summed E-state index contributed by atoms with van der Waals surface area (Å²) in [6.45, 7) is -0.0979. The molecule has 0 aliphatic carbocycles. The number of nitrogens with zero attached hydrogens (tertiary/aromatic N) is 1. The summed E-state index contributed by atoms with van der Waals surface area (Å²) in [5.41, 5.74) is 0.917. The smallest absolute Gasteiger partial charge is 0.261 e. The first kappa shape index (κ1) is 11.6. The third-order valence-electron chi connectivity index (χ3n) is 2.66. The van der Waals surface area contributed by atoms with E-state index in [0.717, 1.165) is 4.90 Å². The Morgan fingerprint density at radius 3 is 2.18 bits per heavy atom. The second-order valence-electron chi connectivity index (χ2n) is 3.71. The zero-order valence-electron chi connectivity index (χ0n) is 9.02. The first-order valence-electron chi connectivity index (χ1n) is 5.12. The van der Waals surface area contributed by atoms with E-state index in [2.05, 4.69) is 0 Å². The maximum atomic E-state index is 12.4. The van der Waals surface area contributed by atoms with E-state index in [-0.39, 0.29) is 18.4 Å². The molecule has 3 nitrogen and oxygen atoms in total. The number of rotatable bonds is 3. The Balaban J connectivity index is 2.30. The molecular weight excluding hydrogens is 220 g/mol. The van der Waals surface area contributed by atoms with Crippen LogP contribution in [0.5, 0.6) is 0 Å². The van der Waals surface area contributed by atoms with Crippen LogP contribution in [0.1, 0.15) is 20.7 Å². The van der Waals surface area contributed by atoms with E-state index in [0.29, 0.717) is 17.5 Å². The summed E-state index contributed by atoms with van der Waals surface area (Å²) in [5, 5.41) is 0. The molecule has 2 amide bonds. The van der Waals surface area contributed by atoms with Crippen molar-refractivity contribution in [1.29, 1.82) is 0 Å². The lowest BCUT2D eigenvalue weighted by Gasteiger charge is -2.14. The number of amides is 2. The van der Waals surface area contributed by atoms with Crippen molar-refractivity contribution < 1.29 is 14.0 Å². The summed E-state index contributed by atoms with van der Waals surface area (Å²) >= 11 is 0. The molecule has 1 heterocycles. The number of carbonyl (C=O) groups is 2. The second kappa shape index (κ2) is 4.53. The molecule has 0 saturated heterocycles. The first-order chi connectivity index (χ1) is 8.19. The molecule has 0 atom stereocenters. The number of halogens is 1. The predicted octanol–water partition coefficient (Wildman–Crippen LogP) is 1.72. The van der Waals surface area contributed by atoms with Crippen molar-refractivity contribution in [3.8, 4) is 0 Å². The lowest BCUT2D eigenvalue weighted by Crippen LogP contribution is -2.31. The van der Waals surface area contributed by atoms with Crippen LogP contribution in [0.25, 0.3) is 0 Å². The van der Waals surface area contributed by atoms with Gasteiger partial charge in [0.2, 0.25) is 0 Å². The molecular formula is C12H9BFNO2. The van der Waals surface area contributed by atoms with Crippen LogP contribution >= 0.6 is 0 Å². The molecule has 2 rings (SSSR count). The molecule has 84 valence electrons. The fourth-order valence-corrected chi connectivity index (χ4v) is 1.73. The molecule has 0 fully saturated rings. The molecule has 1 aromatic carbocycles. The number of fused-ring (bicyclic) bond motifs is 1. The van der Waals surface area contributed by atoms with Crippen molar-refractivity contribution in [2.24, 2.45) is 0 Å². The fraction of sp³-hybridized carbons (Fsp3) is 0.167. The van der Waals surface area contributed by atoms with E-state index in [1.807, 2.05) is 0 Å². The quantitative estimate of drug-likeness (QED) is 0.584. The van der Waals surface area contributed by atoms with E-state index in [1.165, 1.54) is 0 Å². The van der Waals surface area contributed by atoms with Gasteiger partial charge in [-0.05, 0) is 17.7 Å². The van der Waals surface area contributed by atoms with Crippen molar-refractivity contribution in [3.05, 3.63) is 47.3 Å². The summed E-state index contributed by atoms with van der Waals surface area (Å²) in [7, 11) is 5.30. The molecule has 1 aromatic rings. The SMILES string of the molecule is [B]C/C(=C/F)CN1C(=O)c2ccccc2C1=O. The summed E-state index contributed by atoms with van der Waals surface area (Å²) in [6.07, 6.45) is 0.313. The van der Waals surface area contributed by atoms with Gasteiger partial charge in [-0.15, -0.1) is 0 Å². The van der Waals surface area contributed by atoms with Crippen molar-refractivity contribution >= 4 is 19.7 Å². The second-order valence-corrected chi connectivity index (χ2v) is 3.71. The van der Waals surface area contributed by atoms with Gasteiger partial charge < -0.3 is 0 Å². The van der Waals surface area contributed by atoms with E-state index < -0.39 is 11.8 Å². The fourth-order valence-electron chi connectivity index (χ4n) is 1.73. The molecule has 17 heavy (non-hydrogen) atoms. The Morgan fingerprint density at radius 2 is 1.76 bits per heavy atom. The van der Waals surface area contributed by atoms with Crippen molar-refractivity contribution in [2.45, 2.75) is 6.32 Å². The Kier molecular flexibility index (Phi) is 3.09. The van der Waals surface area contributed by atoms with Gasteiger partial charge >= 0.3 is 0 Å². The summed E-state index contributed by atoms with van der Waals surface area (Å²) in [6, 6.07) is 6.53. The molecule has 2 radical (unpaired) electrons. The topological polar surface area (TPSA) is 37.4 Å². The minimum atomic E-state index is -0.404. The van der Waals surface area contributed by atoms with Crippen LogP contribution in [0.3, 0.4) is 0 Å². The van der Waals surface area contributed by atoms with Crippen LogP contribution in [-0.2, 0) is 0 Å². The zero-order chi connectivity index (χ0) is 12.4. The monoisotopic (exact) mass is 229 g/mol. The predicted molar refractivity (Wildman–Crippen MR) is 61.6 cm³/mol. The number of hydrogen-bond donors (Lipinski definition) is 0. The Morgan fingerprint density at radius 1 is 1.24 bits per heavy atom. The highest BCUT2D eigenvalue weighted by Gasteiger charge is 2.35. The standard InChI is InChI=1S/C12H9BFNO2/c13-5-8(6-14)7-15-11(16)9-3-1-2-4-10(9)12(15)17/h1-4,6H,5,7H2/b8-6-. The molecule has 1 aliphatic rings. The molecule has 5 heteroatoms. The van der Waals surface area contributed by atoms with Crippen LogP contribution in [-0.4, -0.2) is 31.1 Å². The van der Waals surface area contributed by atoms with Crippen molar-refractivity contribution in [1.82, 2.24) is 4.90 Å². The van der Waals surface area contributed by atoms with Gasteiger partial charge in [-0.3, -0.25) is 14.5 Å². The minimum Gasteiger partial charge on any atom is -0.270 e. The number of benzene rings is 1. The third kappa shape index (κ3) is 1.88. The molecule has 0 aromatic heterocycles. The third-order valence-corrected chi connectivity index (χ3v) is 2.66. The van der Waals surface area contributed by atoms with Crippen LogP contribution in [0.2, 0.25) is 6.32 Å². The molecule has 0 spiro atoms. The average Bonchev–Trinajstić information content (AvgIpc) is 2.61. The van der Waals surface area contributed by atoms with E-state index in [4.69, 9.17) is 7.85 Å². The largest absolute Gasteiger partial charge is 0.270 e. The van der Waals surface area contributed by atoms with Gasteiger partial charge in [0.25, 0.3) is 11.8 Å². The normalized spacial score (nSPS) is 15.4. The number of carbonyl (C=O) groups excluding carboxylic acids is 2. The average molecular weight is 229 g/mol. The summed E-state index contributed by atoms with van der Waals surface area (Å²) < 4.78 is 12.4. The van der Waals surface area contributed by atoms with Gasteiger partial charge in [0.05, 0.1) is 31.8 Å². The minimum absolute atomic E-state index is 0.0239. The van der Waals surface area contributed by atoms with Crippen LogP contribution in [0, 0.1) is 0 Å². The Labute approximate surface area is 99.3 Å². The van der Waals surface area contributed by atoms with Gasteiger partial charge in [0.15, 0.2) is 0 Å². The molecule has 0 unspecified atom stereocenters. The van der Waals surface area contributed by atoms with E-state index in [9.17, 15) is 14.0 Å². The molecule has 0 bridgehead atoms. The first-order valence-corrected chi connectivity index (χ1v) is 5.12. The van der Waals surface area contributed by atoms with Gasteiger partial charge in [0, 0.05) is 0 Å². The maximum absolute atomic E-state index is 12.4. The van der Waals surface area contributed by atoms with Gasteiger partial charge in [-0.1, -0.05) is 18.5 Å². The maximum Gasteiger partial charge on any atom is 0.261 e. The highest BCUT2D eigenvalue weighted by Crippen LogP contribution is 2.23. The van der Waals surface area contributed by atoms with Crippen molar-refractivity contribution in [2.75, 3.05) is 6.54 Å². The highest BCUT2D eigenvalue weighted by molar-refractivity contribution is 6.21. The van der Waals surface area contributed by atoms with Crippen LogP contribution in [0.15, 0.2) is 36.2 Å². The van der Waals surface area contributed by atoms with Crippen LogP contribution < -0.4 is 0 Å². The number of hydrogen-bond acceptors (Lipinski definition) is 2. The lowest BCUT2D eigenvalue weighted by molar-refractivity contribution is 0.0668. The number of imide groups is 1. The highest BCUT2D eigenvalue weighted by atomic mass is 19.1. The zero-order valence-corrected chi connectivity index (χ0v) is 9.02. The molecule has 0 saturated carbocycles. The van der Waals surface area contributed by atoms with Gasteiger partial charge in [-0.2, -0.15) is 0 Å². The van der Waals surface area contributed by atoms with Crippen molar-refractivity contribution in [3.63, 3.8) is 0 Å². The Bertz CT molecular complexity index is 478. The Hall–Kier alpha value is -1.91.